The number of nitrogens with two attached hydrogens (primary N) is 1. The van der Waals surface area contributed by atoms with E-state index in [-0.39, 0.29) is 23.4 Å². The van der Waals surface area contributed by atoms with E-state index >= 15 is 0 Å². The Balaban J connectivity index is 2.00. The van der Waals surface area contributed by atoms with Gasteiger partial charge in [-0.3, -0.25) is 4.79 Å². The molecule has 0 aromatic heterocycles. The lowest BCUT2D eigenvalue weighted by Crippen LogP contribution is -2.55. The third-order valence-electron chi connectivity index (χ3n) is 3.97. The van der Waals surface area contributed by atoms with Gasteiger partial charge in [0.05, 0.1) is 12.0 Å². The molecule has 2 rings (SSSR count). The van der Waals surface area contributed by atoms with Gasteiger partial charge in [-0.15, -0.1) is 0 Å². The Kier molecular flexibility index (Phi) is 4.70. The molecule has 3 nitrogen and oxygen atoms in total. The van der Waals surface area contributed by atoms with E-state index in [2.05, 4.69) is 5.32 Å². The molecule has 1 aromatic carbocycles. The van der Waals surface area contributed by atoms with Gasteiger partial charge in [-0.05, 0) is 24.5 Å². The Labute approximate surface area is 117 Å². The number of hydrogen-bond acceptors (Lipinski definition) is 2. The predicted molar refractivity (Wildman–Crippen MR) is 73.1 cm³/mol. The van der Waals surface area contributed by atoms with Crippen molar-refractivity contribution in [3.63, 3.8) is 0 Å². The Morgan fingerprint density at radius 1 is 1.25 bits per heavy atom. The highest BCUT2D eigenvalue weighted by Crippen LogP contribution is 2.27. The van der Waals surface area contributed by atoms with E-state index in [0.717, 1.165) is 44.2 Å². The van der Waals surface area contributed by atoms with Crippen molar-refractivity contribution in [2.24, 2.45) is 5.73 Å². The van der Waals surface area contributed by atoms with Gasteiger partial charge in [-0.25, -0.2) is 8.78 Å². The summed E-state index contributed by atoms with van der Waals surface area (Å²) in [4.78, 5) is 12.1. The van der Waals surface area contributed by atoms with Gasteiger partial charge < -0.3 is 11.1 Å². The summed E-state index contributed by atoms with van der Waals surface area (Å²) in [6, 6.07) is 3.26. The topological polar surface area (TPSA) is 55.1 Å². The van der Waals surface area contributed by atoms with Gasteiger partial charge in [0.15, 0.2) is 0 Å². The number of nitrogens with one attached hydrogen (secondary N) is 1. The largest absolute Gasteiger partial charge is 0.349 e. The maximum atomic E-state index is 13.5. The van der Waals surface area contributed by atoms with E-state index in [1.807, 2.05) is 0 Å². The van der Waals surface area contributed by atoms with Crippen LogP contribution >= 0.6 is 0 Å². The molecule has 1 amide bonds. The first kappa shape index (κ1) is 14.9. The van der Waals surface area contributed by atoms with Crippen molar-refractivity contribution in [2.75, 3.05) is 6.54 Å². The molecule has 0 spiro atoms. The van der Waals surface area contributed by atoms with Crippen molar-refractivity contribution >= 4 is 5.91 Å². The normalized spacial score (nSPS) is 17.8. The van der Waals surface area contributed by atoms with E-state index in [1.165, 1.54) is 6.07 Å². The summed E-state index contributed by atoms with van der Waals surface area (Å²) < 4.78 is 26.3. The van der Waals surface area contributed by atoms with Gasteiger partial charge in [-0.1, -0.05) is 25.3 Å². The second-order valence-electron chi connectivity index (χ2n) is 5.51. The second kappa shape index (κ2) is 6.31. The minimum atomic E-state index is -0.689. The summed E-state index contributed by atoms with van der Waals surface area (Å²) in [5.41, 5.74) is 5.64. The molecule has 0 heterocycles. The molecular weight excluding hydrogens is 262 g/mol. The van der Waals surface area contributed by atoms with E-state index in [4.69, 9.17) is 5.73 Å². The number of hydrogen-bond donors (Lipinski definition) is 2. The summed E-state index contributed by atoms with van der Waals surface area (Å²) in [5.74, 6) is -1.59. The van der Waals surface area contributed by atoms with Crippen LogP contribution in [0, 0.1) is 11.6 Å². The van der Waals surface area contributed by atoms with Crippen LogP contribution in [-0.4, -0.2) is 18.0 Å². The predicted octanol–water partition coefficient (Wildman–Crippen LogP) is 2.29. The van der Waals surface area contributed by atoms with Crippen LogP contribution in [0.25, 0.3) is 0 Å². The van der Waals surface area contributed by atoms with E-state index in [1.54, 1.807) is 0 Å². The minimum absolute atomic E-state index is 0.0894. The number of carbonyl (C=O) groups is 1. The second-order valence-corrected chi connectivity index (χ2v) is 5.51. The fraction of sp³-hybridized carbons (Fsp3) is 0.533. The zero-order valence-corrected chi connectivity index (χ0v) is 11.4. The average molecular weight is 282 g/mol. The van der Waals surface area contributed by atoms with Crippen molar-refractivity contribution in [1.29, 1.82) is 0 Å². The van der Waals surface area contributed by atoms with Crippen LogP contribution in [0.1, 0.15) is 37.7 Å². The molecule has 5 heteroatoms. The third kappa shape index (κ3) is 3.54. The monoisotopic (exact) mass is 282 g/mol. The van der Waals surface area contributed by atoms with Crippen molar-refractivity contribution in [2.45, 2.75) is 44.1 Å². The SMILES string of the molecule is NCC1(NC(=O)Cc2ccc(F)cc2F)CCCCC1. The maximum Gasteiger partial charge on any atom is 0.225 e. The molecule has 1 aromatic rings. The molecule has 1 aliphatic carbocycles. The first-order valence-corrected chi connectivity index (χ1v) is 7.00. The zero-order chi connectivity index (χ0) is 14.6. The van der Waals surface area contributed by atoms with Gasteiger partial charge >= 0.3 is 0 Å². The summed E-state index contributed by atoms with van der Waals surface area (Å²) in [5, 5.41) is 2.95. The van der Waals surface area contributed by atoms with Crippen molar-refractivity contribution in [3.05, 3.63) is 35.4 Å². The highest BCUT2D eigenvalue weighted by Gasteiger charge is 2.32. The van der Waals surface area contributed by atoms with Gasteiger partial charge in [0.2, 0.25) is 5.91 Å². The number of benzene rings is 1. The van der Waals surface area contributed by atoms with Crippen LogP contribution in [-0.2, 0) is 11.2 Å². The molecule has 0 radical (unpaired) electrons. The molecule has 0 unspecified atom stereocenters. The smallest absolute Gasteiger partial charge is 0.225 e. The fourth-order valence-corrected chi connectivity index (χ4v) is 2.79. The molecule has 1 fully saturated rings. The lowest BCUT2D eigenvalue weighted by Gasteiger charge is -2.37. The Morgan fingerprint density at radius 3 is 2.55 bits per heavy atom. The molecule has 3 N–H and O–H groups in total. The summed E-state index contributed by atoms with van der Waals surface area (Å²) in [6.45, 7) is 0.393. The van der Waals surface area contributed by atoms with Crippen molar-refractivity contribution < 1.29 is 13.6 Å². The quantitative estimate of drug-likeness (QED) is 0.890. The Bertz CT molecular complexity index is 485. The lowest BCUT2D eigenvalue weighted by molar-refractivity contribution is -0.122. The first-order chi connectivity index (χ1) is 9.54. The molecule has 110 valence electrons. The van der Waals surface area contributed by atoms with E-state index in [0.29, 0.717) is 6.54 Å². The summed E-state index contributed by atoms with van der Waals surface area (Å²) in [6.07, 6.45) is 4.88. The number of halogens is 2. The van der Waals surface area contributed by atoms with Gasteiger partial charge in [-0.2, -0.15) is 0 Å². The lowest BCUT2D eigenvalue weighted by atomic mass is 9.81. The van der Waals surface area contributed by atoms with Crippen LogP contribution in [0.15, 0.2) is 18.2 Å². The minimum Gasteiger partial charge on any atom is -0.349 e. The standard InChI is InChI=1S/C15H20F2N2O/c16-12-5-4-11(13(17)9-12)8-14(20)19-15(10-18)6-2-1-3-7-15/h4-5,9H,1-3,6-8,10,18H2,(H,19,20). The number of rotatable bonds is 4. The van der Waals surface area contributed by atoms with Gasteiger partial charge in [0, 0.05) is 12.6 Å². The third-order valence-corrected chi connectivity index (χ3v) is 3.97. The Hall–Kier alpha value is -1.49. The summed E-state index contributed by atoms with van der Waals surface area (Å²) in [7, 11) is 0. The van der Waals surface area contributed by atoms with Crippen molar-refractivity contribution in [1.82, 2.24) is 5.32 Å². The molecule has 0 aliphatic heterocycles. The molecule has 0 bridgehead atoms. The van der Waals surface area contributed by atoms with Crippen LogP contribution in [0.3, 0.4) is 0 Å². The molecule has 1 saturated carbocycles. The van der Waals surface area contributed by atoms with Crippen LogP contribution in [0.4, 0.5) is 8.78 Å². The summed E-state index contributed by atoms with van der Waals surface area (Å²) >= 11 is 0. The molecule has 20 heavy (non-hydrogen) atoms. The highest BCUT2D eigenvalue weighted by atomic mass is 19.1. The first-order valence-electron chi connectivity index (χ1n) is 7.00. The zero-order valence-electron chi connectivity index (χ0n) is 11.4. The average Bonchev–Trinajstić information content (AvgIpc) is 2.43. The van der Waals surface area contributed by atoms with Crippen LogP contribution in [0.2, 0.25) is 0 Å². The Morgan fingerprint density at radius 2 is 1.95 bits per heavy atom. The molecule has 0 atom stereocenters. The van der Waals surface area contributed by atoms with Crippen molar-refractivity contribution in [3.8, 4) is 0 Å². The van der Waals surface area contributed by atoms with Gasteiger partial charge in [0.25, 0.3) is 0 Å². The maximum absolute atomic E-state index is 13.5. The van der Waals surface area contributed by atoms with Crippen LogP contribution < -0.4 is 11.1 Å². The molecular formula is C15H20F2N2O. The van der Waals surface area contributed by atoms with E-state index < -0.39 is 11.6 Å². The van der Waals surface area contributed by atoms with Gasteiger partial charge in [0.1, 0.15) is 11.6 Å². The molecule has 1 aliphatic rings. The molecule has 0 saturated heterocycles. The van der Waals surface area contributed by atoms with E-state index in [9.17, 15) is 13.6 Å². The highest BCUT2D eigenvalue weighted by molar-refractivity contribution is 5.79. The van der Waals surface area contributed by atoms with Crippen LogP contribution in [0.5, 0.6) is 0 Å². The number of amides is 1. The fourth-order valence-electron chi connectivity index (χ4n) is 2.79. The number of carbonyl (C=O) groups excluding carboxylic acids is 1.